The lowest BCUT2D eigenvalue weighted by Crippen LogP contribution is -2.65. The van der Waals surface area contributed by atoms with Crippen LogP contribution in [0.3, 0.4) is 0 Å². The van der Waals surface area contributed by atoms with Crippen LogP contribution >= 0.6 is 0 Å². The first-order chi connectivity index (χ1) is 22.2. The van der Waals surface area contributed by atoms with E-state index in [1.54, 1.807) is 34.6 Å². The molecule has 270 valence electrons. The fourth-order valence-electron chi connectivity index (χ4n) is 5.46. The molecule has 1 aromatic rings. The number of aliphatic hydroxyl groups excluding tert-OH is 3. The number of esters is 1. The number of imidazole rings is 1. The Kier molecular flexibility index (Phi) is 14.8. The molecule has 3 heterocycles. The van der Waals surface area contributed by atoms with E-state index in [4.69, 9.17) is 42.6 Å². The summed E-state index contributed by atoms with van der Waals surface area (Å²) >= 11 is 0. The number of alkyl carbamates (subject to hydrolysis) is 1. The molecule has 5 N–H and O–H groups in total. The number of rotatable bonds is 15. The summed E-state index contributed by atoms with van der Waals surface area (Å²) in [5.41, 5.74) is -0.250. The Hall–Kier alpha value is -2.45. The average molecular weight is 678 g/mol. The SMILES string of the molecule is COC1C(O)[C@H](O[C@@H]2OC(COC(=O)C(Cc3cnc[nH]3)NC(=O)OC(C)(C)C)[C@@H](OC)[C@H](O)C2OC)[C@H](COCC(C)O)O[C@H]1C. The highest BCUT2D eigenvalue weighted by Gasteiger charge is 2.51. The van der Waals surface area contributed by atoms with Gasteiger partial charge < -0.3 is 68.3 Å². The Balaban J connectivity index is 1.77. The maximum absolute atomic E-state index is 13.3. The van der Waals surface area contributed by atoms with Crippen LogP contribution in [0.2, 0.25) is 0 Å². The number of methoxy groups -OCH3 is 3. The smallest absolute Gasteiger partial charge is 0.408 e. The third kappa shape index (κ3) is 11.0. The van der Waals surface area contributed by atoms with Crippen LogP contribution in [-0.4, -0.2) is 157 Å². The summed E-state index contributed by atoms with van der Waals surface area (Å²) < 4.78 is 51.4. The van der Waals surface area contributed by atoms with Gasteiger partial charge in [-0.2, -0.15) is 0 Å². The van der Waals surface area contributed by atoms with Crippen LogP contribution in [0.4, 0.5) is 4.79 Å². The summed E-state index contributed by atoms with van der Waals surface area (Å²) in [7, 11) is 4.13. The molecule has 2 aliphatic heterocycles. The number of carbonyl (C=O) groups excluding carboxylic acids is 2. The average Bonchev–Trinajstić information content (AvgIpc) is 3.49. The molecule has 1 amide bonds. The second-order valence-corrected chi connectivity index (χ2v) is 12.6. The summed E-state index contributed by atoms with van der Waals surface area (Å²) in [4.78, 5) is 32.7. The van der Waals surface area contributed by atoms with Crippen molar-refractivity contribution in [1.82, 2.24) is 15.3 Å². The van der Waals surface area contributed by atoms with E-state index in [1.807, 2.05) is 0 Å². The molecule has 17 heteroatoms. The van der Waals surface area contributed by atoms with E-state index >= 15 is 0 Å². The molecular weight excluding hydrogens is 626 g/mol. The summed E-state index contributed by atoms with van der Waals surface area (Å²) in [6.45, 7) is 7.95. The van der Waals surface area contributed by atoms with E-state index in [2.05, 4.69) is 15.3 Å². The van der Waals surface area contributed by atoms with Crippen LogP contribution in [0, 0.1) is 0 Å². The van der Waals surface area contributed by atoms with E-state index in [-0.39, 0.29) is 19.6 Å². The van der Waals surface area contributed by atoms with E-state index in [9.17, 15) is 24.9 Å². The van der Waals surface area contributed by atoms with Crippen molar-refractivity contribution in [1.29, 1.82) is 0 Å². The quantitative estimate of drug-likeness (QED) is 0.147. The Morgan fingerprint density at radius 1 is 1.00 bits per heavy atom. The van der Waals surface area contributed by atoms with Gasteiger partial charge in [-0.1, -0.05) is 0 Å². The molecule has 0 radical (unpaired) electrons. The number of amides is 1. The molecule has 0 spiro atoms. The van der Waals surface area contributed by atoms with Gasteiger partial charge in [-0.15, -0.1) is 0 Å². The van der Waals surface area contributed by atoms with Crippen LogP contribution in [0.25, 0.3) is 0 Å². The topological polar surface area (TPSA) is 219 Å². The van der Waals surface area contributed by atoms with Gasteiger partial charge in [0.25, 0.3) is 0 Å². The largest absolute Gasteiger partial charge is 0.461 e. The molecule has 6 unspecified atom stereocenters. The maximum Gasteiger partial charge on any atom is 0.408 e. The predicted molar refractivity (Wildman–Crippen MR) is 161 cm³/mol. The lowest BCUT2D eigenvalue weighted by atomic mass is 9.94. The summed E-state index contributed by atoms with van der Waals surface area (Å²) in [5, 5.41) is 34.6. The molecule has 2 aliphatic rings. The summed E-state index contributed by atoms with van der Waals surface area (Å²) in [5.74, 6) is -0.812. The fourth-order valence-corrected chi connectivity index (χ4v) is 5.46. The number of nitrogens with one attached hydrogen (secondary N) is 2. The lowest BCUT2D eigenvalue weighted by molar-refractivity contribution is -0.347. The molecule has 12 atom stereocenters. The summed E-state index contributed by atoms with van der Waals surface area (Å²) in [6, 6.07) is -1.16. The van der Waals surface area contributed by atoms with E-state index in [1.165, 1.54) is 33.9 Å². The number of aliphatic hydroxyl groups is 3. The molecule has 1 aromatic heterocycles. The number of nitrogens with zero attached hydrogens (tertiary/aromatic N) is 1. The van der Waals surface area contributed by atoms with E-state index in [0.29, 0.717) is 5.69 Å². The van der Waals surface area contributed by atoms with E-state index in [0.717, 1.165) is 0 Å². The number of hydrogen-bond donors (Lipinski definition) is 5. The Morgan fingerprint density at radius 3 is 2.21 bits per heavy atom. The molecular formula is C30H51N3O14. The third-order valence-corrected chi connectivity index (χ3v) is 7.60. The first-order valence-corrected chi connectivity index (χ1v) is 15.5. The molecule has 0 saturated carbocycles. The molecule has 0 aromatic carbocycles. The maximum atomic E-state index is 13.3. The highest BCUT2D eigenvalue weighted by molar-refractivity contribution is 5.81. The monoisotopic (exact) mass is 677 g/mol. The lowest BCUT2D eigenvalue weighted by Gasteiger charge is -2.47. The minimum Gasteiger partial charge on any atom is -0.461 e. The Morgan fingerprint density at radius 2 is 1.64 bits per heavy atom. The minimum atomic E-state index is -1.32. The van der Waals surface area contributed by atoms with Crippen molar-refractivity contribution in [2.75, 3.05) is 41.2 Å². The van der Waals surface area contributed by atoms with Crippen molar-refractivity contribution in [3.8, 4) is 0 Å². The molecule has 2 fully saturated rings. The zero-order chi connectivity index (χ0) is 34.9. The van der Waals surface area contributed by atoms with Crippen LogP contribution in [-0.2, 0) is 53.8 Å². The molecule has 3 rings (SSSR count). The van der Waals surface area contributed by atoms with Crippen LogP contribution in [0.5, 0.6) is 0 Å². The normalized spacial score (nSPS) is 32.7. The number of H-pyrrole nitrogens is 1. The summed E-state index contributed by atoms with van der Waals surface area (Å²) in [6.07, 6.45) is -8.82. The second-order valence-electron chi connectivity index (χ2n) is 12.6. The van der Waals surface area contributed by atoms with Crippen molar-refractivity contribution in [2.45, 2.75) is 120 Å². The zero-order valence-corrected chi connectivity index (χ0v) is 28.2. The van der Waals surface area contributed by atoms with Gasteiger partial charge in [0.15, 0.2) is 6.29 Å². The van der Waals surface area contributed by atoms with Gasteiger partial charge in [0.05, 0.1) is 31.7 Å². The standard InChI is InChI=1S/C30H51N3O14/c1-15(34)11-42-12-19-25(21(35)23(39-6)16(2)44-19)46-28-26(41-8)22(36)24(40-7)20(45-28)13-43-27(37)18(9-17-10-31-14-32-17)33-29(38)47-30(3,4)5/h10,14-16,18-26,28,34-36H,9,11-13H2,1-8H3,(H,31,32)(H,33,38)/t15?,16-,18?,19-,20?,21?,22-,23?,24+,25+,26?,28-/m0/s1. The van der Waals surface area contributed by atoms with E-state index < -0.39 is 97.6 Å². The first-order valence-electron chi connectivity index (χ1n) is 15.5. The third-order valence-electron chi connectivity index (χ3n) is 7.60. The van der Waals surface area contributed by atoms with Crippen molar-refractivity contribution in [2.24, 2.45) is 0 Å². The fraction of sp³-hybridized carbons (Fsp3) is 0.833. The van der Waals surface area contributed by atoms with Crippen molar-refractivity contribution >= 4 is 12.1 Å². The van der Waals surface area contributed by atoms with Gasteiger partial charge in [-0.3, -0.25) is 0 Å². The Bertz CT molecular complexity index is 1090. The van der Waals surface area contributed by atoms with Crippen molar-refractivity contribution in [3.63, 3.8) is 0 Å². The molecule has 0 aliphatic carbocycles. The zero-order valence-electron chi connectivity index (χ0n) is 28.2. The molecule has 2 saturated heterocycles. The van der Waals surface area contributed by atoms with Crippen LogP contribution in [0.1, 0.15) is 40.3 Å². The van der Waals surface area contributed by atoms with Gasteiger partial charge in [0, 0.05) is 39.6 Å². The number of aromatic nitrogens is 2. The number of aromatic amines is 1. The molecule has 47 heavy (non-hydrogen) atoms. The predicted octanol–water partition coefficient (Wildman–Crippen LogP) is -0.550. The number of carbonyl (C=O) groups is 2. The second kappa shape index (κ2) is 17.8. The molecule has 0 bridgehead atoms. The van der Waals surface area contributed by atoms with Crippen molar-refractivity contribution in [3.05, 3.63) is 18.2 Å². The highest BCUT2D eigenvalue weighted by Crippen LogP contribution is 2.32. The van der Waals surface area contributed by atoms with Crippen LogP contribution < -0.4 is 5.32 Å². The van der Waals surface area contributed by atoms with Gasteiger partial charge in [-0.05, 0) is 34.6 Å². The van der Waals surface area contributed by atoms with Gasteiger partial charge in [0.1, 0.15) is 67.1 Å². The van der Waals surface area contributed by atoms with Crippen LogP contribution in [0.15, 0.2) is 12.5 Å². The first kappa shape index (κ1) is 39.0. The number of ether oxygens (including phenoxy) is 9. The van der Waals surface area contributed by atoms with Gasteiger partial charge >= 0.3 is 12.1 Å². The van der Waals surface area contributed by atoms with Gasteiger partial charge in [-0.25, -0.2) is 14.6 Å². The molecule has 17 nitrogen and oxygen atoms in total. The number of hydrogen-bond acceptors (Lipinski definition) is 15. The van der Waals surface area contributed by atoms with Crippen molar-refractivity contribution < 1.29 is 67.5 Å². The Labute approximate surface area is 274 Å². The highest BCUT2D eigenvalue weighted by atomic mass is 16.7. The van der Waals surface area contributed by atoms with Gasteiger partial charge in [0.2, 0.25) is 0 Å². The minimum absolute atomic E-state index is 0.0224.